The number of nitrogens with two attached hydrogens (primary N) is 1. The van der Waals surface area contributed by atoms with Gasteiger partial charge in [-0.3, -0.25) is 4.99 Å². The zero-order valence-electron chi connectivity index (χ0n) is 10.6. The minimum Gasteiger partial charge on any atom is -0.397 e. The van der Waals surface area contributed by atoms with Crippen LogP contribution in [0.25, 0.3) is 0 Å². The van der Waals surface area contributed by atoms with Gasteiger partial charge in [0.15, 0.2) is 0 Å². The molecule has 0 aromatic rings. The smallest absolute Gasteiger partial charge is 0.0534 e. The van der Waals surface area contributed by atoms with Gasteiger partial charge in [-0.2, -0.15) is 0 Å². The van der Waals surface area contributed by atoms with E-state index in [1.54, 1.807) is 6.21 Å². The summed E-state index contributed by atoms with van der Waals surface area (Å²) in [7, 11) is 0. The fourth-order valence-electron chi connectivity index (χ4n) is 1.75. The maximum atomic E-state index is 5.98. The van der Waals surface area contributed by atoms with Gasteiger partial charge in [0.2, 0.25) is 0 Å². The summed E-state index contributed by atoms with van der Waals surface area (Å²) in [6, 6.07) is 0. The number of dihydropyridines is 1. The van der Waals surface area contributed by atoms with Crippen molar-refractivity contribution in [2.24, 2.45) is 16.6 Å². The Morgan fingerprint density at radius 3 is 2.88 bits per heavy atom. The first kappa shape index (κ1) is 12.8. The van der Waals surface area contributed by atoms with Crippen molar-refractivity contribution in [2.45, 2.75) is 33.6 Å². The van der Waals surface area contributed by atoms with E-state index in [0.717, 1.165) is 30.7 Å². The molecule has 2 N–H and O–H groups in total. The molecule has 0 saturated carbocycles. The molecule has 0 fully saturated rings. The Labute approximate surface area is 98.6 Å². The molecular formula is C14H22N2. The number of nitrogens with zero attached hydrogens (tertiary/aromatic N) is 1. The molecule has 2 nitrogen and oxygen atoms in total. The average molecular weight is 218 g/mol. The summed E-state index contributed by atoms with van der Waals surface area (Å²) in [6.45, 7) is 11.3. The van der Waals surface area contributed by atoms with E-state index in [-0.39, 0.29) is 0 Å². The monoisotopic (exact) mass is 218 g/mol. The zero-order chi connectivity index (χ0) is 12.1. The van der Waals surface area contributed by atoms with Crippen molar-refractivity contribution in [1.82, 2.24) is 0 Å². The van der Waals surface area contributed by atoms with E-state index < -0.39 is 0 Å². The maximum absolute atomic E-state index is 5.98. The largest absolute Gasteiger partial charge is 0.397 e. The minimum absolute atomic E-state index is 0.561. The number of aliphatic imine (C=N–C) groups is 1. The highest BCUT2D eigenvalue weighted by molar-refractivity contribution is 5.81. The van der Waals surface area contributed by atoms with Crippen molar-refractivity contribution in [1.29, 1.82) is 0 Å². The summed E-state index contributed by atoms with van der Waals surface area (Å²) >= 11 is 0. The van der Waals surface area contributed by atoms with Crippen LogP contribution in [0.4, 0.5) is 0 Å². The average Bonchev–Trinajstić information content (AvgIpc) is 2.26. The molecule has 1 rings (SSSR count). The third kappa shape index (κ3) is 3.09. The van der Waals surface area contributed by atoms with Crippen LogP contribution in [-0.4, -0.2) is 12.8 Å². The Bertz CT molecular complexity index is 359. The van der Waals surface area contributed by atoms with Crippen LogP contribution < -0.4 is 5.73 Å². The molecule has 88 valence electrons. The topological polar surface area (TPSA) is 38.4 Å². The second-order valence-corrected chi connectivity index (χ2v) is 4.47. The van der Waals surface area contributed by atoms with E-state index >= 15 is 0 Å². The lowest BCUT2D eigenvalue weighted by molar-refractivity contribution is 0.693. The van der Waals surface area contributed by atoms with Gasteiger partial charge in [-0.1, -0.05) is 38.5 Å². The highest BCUT2D eigenvalue weighted by Gasteiger charge is 2.13. The van der Waals surface area contributed by atoms with Crippen molar-refractivity contribution < 1.29 is 0 Å². The highest BCUT2D eigenvalue weighted by Crippen LogP contribution is 2.26. The number of hydrogen-bond acceptors (Lipinski definition) is 2. The molecule has 0 spiro atoms. The quantitative estimate of drug-likeness (QED) is 0.723. The van der Waals surface area contributed by atoms with Crippen LogP contribution in [0, 0.1) is 5.92 Å². The van der Waals surface area contributed by atoms with E-state index in [1.807, 2.05) is 6.92 Å². The predicted octanol–water partition coefficient (Wildman–Crippen LogP) is 3.22. The van der Waals surface area contributed by atoms with Crippen LogP contribution in [0.5, 0.6) is 0 Å². The van der Waals surface area contributed by atoms with Gasteiger partial charge in [0.25, 0.3) is 0 Å². The predicted molar refractivity (Wildman–Crippen MR) is 71.5 cm³/mol. The molecule has 0 saturated heterocycles. The molecule has 16 heavy (non-hydrogen) atoms. The van der Waals surface area contributed by atoms with Crippen LogP contribution in [0.1, 0.15) is 33.6 Å². The molecule has 2 heteroatoms. The Morgan fingerprint density at radius 1 is 1.69 bits per heavy atom. The molecular weight excluding hydrogens is 196 g/mol. The lowest BCUT2D eigenvalue weighted by atomic mass is 9.91. The van der Waals surface area contributed by atoms with Gasteiger partial charge in [0.05, 0.1) is 5.70 Å². The molecule has 0 aromatic carbocycles. The fourth-order valence-corrected chi connectivity index (χ4v) is 1.75. The molecule has 0 bridgehead atoms. The van der Waals surface area contributed by atoms with Crippen molar-refractivity contribution in [2.75, 3.05) is 6.54 Å². The van der Waals surface area contributed by atoms with E-state index in [4.69, 9.17) is 5.73 Å². The normalized spacial score (nSPS) is 18.8. The molecule has 0 aromatic heterocycles. The van der Waals surface area contributed by atoms with Crippen molar-refractivity contribution in [3.05, 3.63) is 35.1 Å². The second-order valence-electron chi connectivity index (χ2n) is 4.47. The van der Waals surface area contributed by atoms with Gasteiger partial charge in [-0.15, -0.1) is 0 Å². The minimum atomic E-state index is 0.561. The van der Waals surface area contributed by atoms with Gasteiger partial charge >= 0.3 is 0 Å². The van der Waals surface area contributed by atoms with Gasteiger partial charge in [-0.25, -0.2) is 0 Å². The Kier molecular flexibility index (Phi) is 4.53. The summed E-state index contributed by atoms with van der Waals surface area (Å²) in [5.41, 5.74) is 10.3. The second kappa shape index (κ2) is 5.69. The van der Waals surface area contributed by atoms with Gasteiger partial charge in [-0.05, 0) is 30.4 Å². The van der Waals surface area contributed by atoms with E-state index in [1.165, 1.54) is 11.1 Å². The Balaban J connectivity index is 3.08. The Hall–Kier alpha value is -1.31. The van der Waals surface area contributed by atoms with Crippen LogP contribution in [0.2, 0.25) is 0 Å². The molecule has 1 aliphatic heterocycles. The van der Waals surface area contributed by atoms with Crippen LogP contribution >= 0.6 is 0 Å². The van der Waals surface area contributed by atoms with Crippen LogP contribution in [-0.2, 0) is 0 Å². The van der Waals surface area contributed by atoms with E-state index in [0.29, 0.717) is 5.92 Å². The molecule has 1 aliphatic rings. The van der Waals surface area contributed by atoms with Crippen LogP contribution in [0.15, 0.2) is 40.1 Å². The van der Waals surface area contributed by atoms with Gasteiger partial charge in [0, 0.05) is 12.8 Å². The van der Waals surface area contributed by atoms with Crippen LogP contribution in [0.3, 0.4) is 0 Å². The van der Waals surface area contributed by atoms with Gasteiger partial charge < -0.3 is 5.73 Å². The summed E-state index contributed by atoms with van der Waals surface area (Å²) in [4.78, 5) is 4.18. The molecule has 0 radical (unpaired) electrons. The highest BCUT2D eigenvalue weighted by atomic mass is 14.8. The first-order chi connectivity index (χ1) is 7.56. The zero-order valence-corrected chi connectivity index (χ0v) is 10.6. The van der Waals surface area contributed by atoms with Crippen molar-refractivity contribution in [3.8, 4) is 0 Å². The summed E-state index contributed by atoms with van der Waals surface area (Å²) in [6.07, 6.45) is 6.12. The molecule has 1 unspecified atom stereocenters. The maximum Gasteiger partial charge on any atom is 0.0534 e. The first-order valence-electron chi connectivity index (χ1n) is 5.92. The third-order valence-electron chi connectivity index (χ3n) is 2.95. The summed E-state index contributed by atoms with van der Waals surface area (Å²) in [5.74, 6) is 0.561. The third-order valence-corrected chi connectivity index (χ3v) is 2.95. The summed E-state index contributed by atoms with van der Waals surface area (Å²) in [5, 5.41) is 0. The first-order valence-corrected chi connectivity index (χ1v) is 5.92. The van der Waals surface area contributed by atoms with Crippen molar-refractivity contribution in [3.63, 3.8) is 0 Å². The molecule has 0 amide bonds. The SMILES string of the molecule is C=C(C)/C(=C/C(C)CC)C1=C(N)C=NCC1. The number of rotatable bonds is 4. The number of hydrogen-bond donors (Lipinski definition) is 1. The molecule has 1 heterocycles. The van der Waals surface area contributed by atoms with E-state index in [2.05, 4.69) is 31.5 Å². The van der Waals surface area contributed by atoms with E-state index in [9.17, 15) is 0 Å². The Morgan fingerprint density at radius 2 is 2.38 bits per heavy atom. The number of allylic oxidation sites excluding steroid dienone is 4. The molecule has 0 aliphatic carbocycles. The van der Waals surface area contributed by atoms with Crippen molar-refractivity contribution >= 4 is 6.21 Å². The lowest BCUT2D eigenvalue weighted by Gasteiger charge is -2.18. The van der Waals surface area contributed by atoms with Gasteiger partial charge in [0.1, 0.15) is 0 Å². The standard InChI is InChI=1S/C14H22N2/c1-5-11(4)8-13(10(2)3)12-6-7-16-9-14(12)15/h8-9,11H,2,5-7,15H2,1,3-4H3/b13-8-. The fraction of sp³-hybridized carbons (Fsp3) is 0.500. The lowest BCUT2D eigenvalue weighted by Crippen LogP contribution is -2.12. The molecule has 1 atom stereocenters. The summed E-state index contributed by atoms with van der Waals surface area (Å²) < 4.78 is 0.